The minimum absolute atomic E-state index is 0.423. The Bertz CT molecular complexity index is 368. The fourth-order valence-corrected chi connectivity index (χ4v) is 2.46. The van der Waals surface area contributed by atoms with Crippen molar-refractivity contribution >= 4 is 0 Å². The zero-order chi connectivity index (χ0) is 18.0. The van der Waals surface area contributed by atoms with E-state index in [1.807, 2.05) is 27.7 Å². The van der Waals surface area contributed by atoms with Gasteiger partial charge in [0.15, 0.2) is 0 Å². The Morgan fingerprint density at radius 3 is 1.59 bits per heavy atom. The molecule has 22 heavy (non-hydrogen) atoms. The summed E-state index contributed by atoms with van der Waals surface area (Å²) in [5, 5.41) is 0. The lowest BCUT2D eigenvalue weighted by Gasteiger charge is -2.27. The highest BCUT2D eigenvalue weighted by atomic mass is 14.4. The van der Waals surface area contributed by atoms with Crippen LogP contribution in [0.2, 0.25) is 0 Å². The Kier molecular flexibility index (Phi) is 11.6. The van der Waals surface area contributed by atoms with Crippen molar-refractivity contribution < 1.29 is 0 Å². The summed E-state index contributed by atoms with van der Waals surface area (Å²) in [6, 6.07) is 8.91. The molecule has 0 heteroatoms. The van der Waals surface area contributed by atoms with Gasteiger partial charge in [-0.1, -0.05) is 100 Å². The molecular formula is C22H42. The van der Waals surface area contributed by atoms with Gasteiger partial charge in [-0.15, -0.1) is 0 Å². The first-order chi connectivity index (χ1) is 10.1. The highest BCUT2D eigenvalue weighted by Gasteiger charge is 2.31. The standard InChI is InChI=1S/C13H18.C5H12.2C2H6/c1-13(2,3)12-9-8-10-6-4-5-7-11(10)12;1-5(2,3)4;2*1-2/h4-7,12H,8-9H2,1-3H3;1-4H3;2*1-2H3. The van der Waals surface area contributed by atoms with Crippen LogP contribution in [0.15, 0.2) is 24.3 Å². The van der Waals surface area contributed by atoms with Gasteiger partial charge in [0.2, 0.25) is 0 Å². The molecule has 1 aliphatic rings. The molecule has 0 saturated heterocycles. The lowest BCUT2D eigenvalue weighted by molar-refractivity contribution is 0.319. The van der Waals surface area contributed by atoms with Crippen molar-refractivity contribution in [1.29, 1.82) is 0 Å². The predicted octanol–water partition coefficient (Wildman–Crippen LogP) is 7.87. The van der Waals surface area contributed by atoms with E-state index in [2.05, 4.69) is 72.7 Å². The van der Waals surface area contributed by atoms with Gasteiger partial charge in [0.1, 0.15) is 0 Å². The van der Waals surface area contributed by atoms with Gasteiger partial charge in [0.05, 0.1) is 0 Å². The van der Waals surface area contributed by atoms with E-state index in [0.717, 1.165) is 5.92 Å². The molecule has 0 bridgehead atoms. The van der Waals surface area contributed by atoms with Gasteiger partial charge >= 0.3 is 0 Å². The Morgan fingerprint density at radius 2 is 1.18 bits per heavy atom. The van der Waals surface area contributed by atoms with E-state index in [0.29, 0.717) is 10.8 Å². The largest absolute Gasteiger partial charge is 0.0683 e. The van der Waals surface area contributed by atoms with Crippen molar-refractivity contribution in [2.75, 3.05) is 0 Å². The second kappa shape index (κ2) is 10.9. The van der Waals surface area contributed by atoms with Crippen LogP contribution in [0, 0.1) is 10.8 Å². The van der Waals surface area contributed by atoms with Crippen LogP contribution in [0.3, 0.4) is 0 Å². The minimum atomic E-state index is 0.423. The van der Waals surface area contributed by atoms with Gasteiger partial charge in [-0.05, 0) is 40.7 Å². The van der Waals surface area contributed by atoms with Crippen molar-refractivity contribution in [3.63, 3.8) is 0 Å². The molecule has 0 aromatic heterocycles. The summed E-state index contributed by atoms with van der Waals surface area (Å²) in [4.78, 5) is 0. The van der Waals surface area contributed by atoms with E-state index in [1.165, 1.54) is 12.8 Å². The van der Waals surface area contributed by atoms with Gasteiger partial charge in [0.25, 0.3) is 0 Å². The first-order valence-electron chi connectivity index (χ1n) is 9.17. The fraction of sp³-hybridized carbons (Fsp3) is 0.727. The molecule has 1 atom stereocenters. The number of fused-ring (bicyclic) bond motifs is 1. The molecule has 0 heterocycles. The average molecular weight is 307 g/mol. The molecule has 0 amide bonds. The summed E-state index contributed by atoms with van der Waals surface area (Å²) in [5.74, 6) is 0.767. The second-order valence-corrected chi connectivity index (χ2v) is 8.16. The number of hydrogen-bond donors (Lipinski definition) is 0. The Hall–Kier alpha value is -0.780. The molecule has 0 spiro atoms. The molecule has 0 N–H and O–H groups in total. The Morgan fingerprint density at radius 1 is 0.773 bits per heavy atom. The van der Waals surface area contributed by atoms with Crippen LogP contribution >= 0.6 is 0 Å². The molecule has 1 unspecified atom stereocenters. The predicted molar refractivity (Wildman–Crippen MR) is 105 cm³/mol. The monoisotopic (exact) mass is 306 g/mol. The number of benzene rings is 1. The number of aryl methyl sites for hydroxylation is 1. The molecule has 0 aliphatic heterocycles. The smallest absolute Gasteiger partial charge is 0.0107 e. The molecule has 1 aromatic rings. The van der Waals surface area contributed by atoms with Crippen LogP contribution in [-0.2, 0) is 6.42 Å². The molecule has 1 aromatic carbocycles. The van der Waals surface area contributed by atoms with E-state index in [1.54, 1.807) is 11.1 Å². The maximum atomic E-state index is 2.35. The summed E-state index contributed by atoms with van der Waals surface area (Å²) in [5.41, 5.74) is 4.09. The van der Waals surface area contributed by atoms with Crippen molar-refractivity contribution in [2.45, 2.75) is 94.9 Å². The molecule has 130 valence electrons. The Balaban J connectivity index is 0. The van der Waals surface area contributed by atoms with Crippen molar-refractivity contribution in [1.82, 2.24) is 0 Å². The second-order valence-electron chi connectivity index (χ2n) is 8.16. The van der Waals surface area contributed by atoms with E-state index in [4.69, 9.17) is 0 Å². The molecule has 0 saturated carbocycles. The van der Waals surface area contributed by atoms with Gasteiger partial charge in [-0.3, -0.25) is 0 Å². The third kappa shape index (κ3) is 10.0. The summed E-state index contributed by atoms with van der Waals surface area (Å²) >= 11 is 0. The summed E-state index contributed by atoms with van der Waals surface area (Å²) in [6.07, 6.45) is 2.61. The van der Waals surface area contributed by atoms with Gasteiger partial charge in [0, 0.05) is 0 Å². The topological polar surface area (TPSA) is 0 Å². The third-order valence-corrected chi connectivity index (χ3v) is 3.18. The van der Waals surface area contributed by atoms with Crippen LogP contribution in [0.5, 0.6) is 0 Å². The summed E-state index contributed by atoms with van der Waals surface area (Å²) in [6.45, 7) is 23.8. The normalized spacial score (nSPS) is 16.0. The van der Waals surface area contributed by atoms with Crippen LogP contribution in [0.1, 0.15) is 99.6 Å². The van der Waals surface area contributed by atoms with Gasteiger partial charge in [-0.2, -0.15) is 0 Å². The fourth-order valence-electron chi connectivity index (χ4n) is 2.46. The highest BCUT2D eigenvalue weighted by Crippen LogP contribution is 2.44. The van der Waals surface area contributed by atoms with E-state index in [9.17, 15) is 0 Å². The number of hydrogen-bond acceptors (Lipinski definition) is 0. The zero-order valence-corrected chi connectivity index (χ0v) is 17.3. The summed E-state index contributed by atoms with van der Waals surface area (Å²) in [7, 11) is 0. The maximum Gasteiger partial charge on any atom is -0.0107 e. The number of rotatable bonds is 0. The first-order valence-corrected chi connectivity index (χ1v) is 9.17. The van der Waals surface area contributed by atoms with Gasteiger partial charge < -0.3 is 0 Å². The lowest BCUT2D eigenvalue weighted by Crippen LogP contribution is -2.15. The average Bonchev–Trinajstić information content (AvgIpc) is 2.85. The molecule has 0 radical (unpaired) electrons. The first kappa shape index (κ1) is 23.5. The van der Waals surface area contributed by atoms with Crippen molar-refractivity contribution in [2.24, 2.45) is 10.8 Å². The van der Waals surface area contributed by atoms with Crippen LogP contribution < -0.4 is 0 Å². The Labute approximate surface area is 141 Å². The van der Waals surface area contributed by atoms with E-state index < -0.39 is 0 Å². The lowest BCUT2D eigenvalue weighted by atomic mass is 9.77. The van der Waals surface area contributed by atoms with Gasteiger partial charge in [-0.25, -0.2) is 0 Å². The highest BCUT2D eigenvalue weighted by molar-refractivity contribution is 5.35. The van der Waals surface area contributed by atoms with Crippen molar-refractivity contribution in [3.8, 4) is 0 Å². The third-order valence-electron chi connectivity index (χ3n) is 3.18. The van der Waals surface area contributed by atoms with Crippen LogP contribution in [-0.4, -0.2) is 0 Å². The molecule has 0 nitrogen and oxygen atoms in total. The van der Waals surface area contributed by atoms with Crippen molar-refractivity contribution in [3.05, 3.63) is 35.4 Å². The maximum absolute atomic E-state index is 2.35. The quantitative estimate of drug-likeness (QED) is 0.457. The zero-order valence-electron chi connectivity index (χ0n) is 17.3. The molecule has 2 rings (SSSR count). The molecular weight excluding hydrogens is 264 g/mol. The van der Waals surface area contributed by atoms with Crippen LogP contribution in [0.25, 0.3) is 0 Å². The SMILES string of the molecule is CC.CC.CC(C)(C)C.CC(C)(C)C1CCc2ccccc21. The summed E-state index contributed by atoms with van der Waals surface area (Å²) < 4.78 is 0. The van der Waals surface area contributed by atoms with E-state index in [-0.39, 0.29) is 0 Å². The van der Waals surface area contributed by atoms with Crippen LogP contribution in [0.4, 0.5) is 0 Å². The molecule has 1 aliphatic carbocycles. The minimum Gasteiger partial charge on any atom is -0.0683 e. The van der Waals surface area contributed by atoms with E-state index >= 15 is 0 Å². The molecule has 0 fully saturated rings.